The Morgan fingerprint density at radius 1 is 1.57 bits per heavy atom. The monoisotopic (exact) mass is 208 g/mol. The highest BCUT2D eigenvalue weighted by molar-refractivity contribution is 7.16. The van der Waals surface area contributed by atoms with Gasteiger partial charge < -0.3 is 5.73 Å². The van der Waals surface area contributed by atoms with Gasteiger partial charge >= 0.3 is 0 Å². The van der Waals surface area contributed by atoms with Gasteiger partial charge in [0, 0.05) is 6.20 Å². The average Bonchev–Trinajstić information content (AvgIpc) is 2.70. The molecule has 0 aliphatic rings. The van der Waals surface area contributed by atoms with Crippen molar-refractivity contribution in [2.24, 2.45) is 5.73 Å². The highest BCUT2D eigenvalue weighted by atomic mass is 32.1. The van der Waals surface area contributed by atoms with Gasteiger partial charge in [-0.25, -0.2) is 9.97 Å². The summed E-state index contributed by atoms with van der Waals surface area (Å²) in [6.45, 7) is 1.89. The van der Waals surface area contributed by atoms with Gasteiger partial charge in [-0.15, -0.1) is 0 Å². The molecule has 6 heteroatoms. The molecule has 0 spiro atoms. The maximum absolute atomic E-state index is 10.8. The lowest BCUT2D eigenvalue weighted by Gasteiger charge is -1.91. The molecule has 2 aromatic rings. The summed E-state index contributed by atoms with van der Waals surface area (Å²) in [4.78, 5) is 19.4. The van der Waals surface area contributed by atoms with Crippen LogP contribution in [0.1, 0.15) is 15.4 Å². The Bertz CT molecular complexity index is 473. The molecule has 0 radical (unpaired) electrons. The minimum atomic E-state index is -0.453. The van der Waals surface area contributed by atoms with Gasteiger partial charge in [0.15, 0.2) is 5.13 Å². The second-order valence-electron chi connectivity index (χ2n) is 2.79. The maximum atomic E-state index is 10.8. The number of nitrogens with zero attached hydrogens (tertiary/aromatic N) is 3. The molecule has 2 heterocycles. The number of rotatable bonds is 2. The zero-order valence-electron chi connectivity index (χ0n) is 7.47. The molecule has 0 aliphatic carbocycles. The molecule has 72 valence electrons. The highest BCUT2D eigenvalue weighted by Gasteiger charge is 2.07. The minimum Gasteiger partial charge on any atom is -0.365 e. The van der Waals surface area contributed by atoms with E-state index in [2.05, 4.69) is 9.97 Å². The van der Waals surface area contributed by atoms with E-state index in [9.17, 15) is 4.79 Å². The molecule has 5 nitrogen and oxygen atoms in total. The highest BCUT2D eigenvalue weighted by Crippen LogP contribution is 2.16. The molecule has 2 aromatic heterocycles. The fourth-order valence-corrected chi connectivity index (χ4v) is 1.74. The first-order valence-corrected chi connectivity index (χ1v) is 4.75. The lowest BCUT2D eigenvalue weighted by molar-refractivity contribution is 0.100. The van der Waals surface area contributed by atoms with Crippen molar-refractivity contribution in [3.05, 3.63) is 29.3 Å². The summed E-state index contributed by atoms with van der Waals surface area (Å²) < 4.78 is 1.76. The molecule has 0 saturated heterocycles. The fraction of sp³-hybridized carbons (Fsp3) is 0.125. The summed E-state index contributed by atoms with van der Waals surface area (Å²) in [5.41, 5.74) is 6.02. The molecule has 0 unspecified atom stereocenters. The largest absolute Gasteiger partial charge is 0.365 e. The quantitative estimate of drug-likeness (QED) is 0.790. The van der Waals surface area contributed by atoms with Gasteiger partial charge in [0.2, 0.25) is 0 Å². The fourth-order valence-electron chi connectivity index (χ4n) is 1.02. The summed E-state index contributed by atoms with van der Waals surface area (Å²) in [6, 6.07) is 0. The molecule has 2 rings (SSSR count). The summed E-state index contributed by atoms with van der Waals surface area (Å²) in [5.74, 6) is -0.453. The zero-order valence-corrected chi connectivity index (χ0v) is 8.28. The third-order valence-corrected chi connectivity index (χ3v) is 2.69. The van der Waals surface area contributed by atoms with Crippen molar-refractivity contribution in [1.29, 1.82) is 0 Å². The number of carbonyl (C=O) groups excluding carboxylic acids is 1. The Kier molecular flexibility index (Phi) is 2.05. The molecule has 1 amide bonds. The van der Waals surface area contributed by atoms with E-state index in [-0.39, 0.29) is 0 Å². The Hall–Kier alpha value is -1.69. The van der Waals surface area contributed by atoms with Crippen LogP contribution in [0.25, 0.3) is 5.13 Å². The predicted octanol–water partition coefficient (Wildman–Crippen LogP) is 0.736. The predicted molar refractivity (Wildman–Crippen MR) is 52.5 cm³/mol. The van der Waals surface area contributed by atoms with E-state index in [1.807, 2.05) is 13.1 Å². The van der Waals surface area contributed by atoms with E-state index >= 15 is 0 Å². The zero-order chi connectivity index (χ0) is 10.1. The molecule has 0 aromatic carbocycles. The van der Waals surface area contributed by atoms with Crippen molar-refractivity contribution in [3.63, 3.8) is 0 Å². The van der Waals surface area contributed by atoms with Gasteiger partial charge in [-0.3, -0.25) is 9.36 Å². The number of imidazole rings is 1. The lowest BCUT2D eigenvalue weighted by Crippen LogP contribution is -2.08. The van der Waals surface area contributed by atoms with Gasteiger partial charge in [0.25, 0.3) is 5.91 Å². The van der Waals surface area contributed by atoms with Crippen LogP contribution >= 0.6 is 11.3 Å². The molecular formula is C8H8N4OS. The van der Waals surface area contributed by atoms with Crippen LogP contribution in [0.5, 0.6) is 0 Å². The normalized spacial score (nSPS) is 10.4. The molecule has 14 heavy (non-hydrogen) atoms. The smallest absolute Gasteiger partial charge is 0.260 e. The van der Waals surface area contributed by atoms with Crippen LogP contribution < -0.4 is 5.73 Å². The molecule has 0 atom stereocenters. The van der Waals surface area contributed by atoms with E-state index in [0.29, 0.717) is 10.0 Å². The second-order valence-corrected chi connectivity index (χ2v) is 3.80. The third-order valence-electron chi connectivity index (χ3n) is 1.67. The number of aryl methyl sites for hydroxylation is 1. The van der Waals surface area contributed by atoms with Crippen LogP contribution in [-0.4, -0.2) is 20.4 Å². The number of hydrogen-bond donors (Lipinski definition) is 1. The molecule has 2 N–H and O–H groups in total. The van der Waals surface area contributed by atoms with Gasteiger partial charge in [-0.2, -0.15) is 0 Å². The SMILES string of the molecule is Cc1cn(-c2ncc(C(N)=O)s2)cn1. The number of nitrogens with two attached hydrogens (primary N) is 1. The van der Waals surface area contributed by atoms with Crippen molar-refractivity contribution in [2.75, 3.05) is 0 Å². The second kappa shape index (κ2) is 3.22. The molecule has 0 bridgehead atoms. The molecule has 0 fully saturated rings. The standard InChI is InChI=1S/C8H8N4OS/c1-5-3-12(4-11-5)8-10-2-6(14-8)7(9)13/h2-4H,1H3,(H2,9,13). The van der Waals surface area contributed by atoms with Crippen molar-refractivity contribution in [3.8, 4) is 5.13 Å². The van der Waals surface area contributed by atoms with Gasteiger partial charge in [-0.05, 0) is 6.92 Å². The van der Waals surface area contributed by atoms with Crippen molar-refractivity contribution in [2.45, 2.75) is 6.92 Å². The topological polar surface area (TPSA) is 73.8 Å². The number of hydrogen-bond acceptors (Lipinski definition) is 4. The van der Waals surface area contributed by atoms with Crippen LogP contribution in [-0.2, 0) is 0 Å². The Morgan fingerprint density at radius 2 is 2.36 bits per heavy atom. The number of carbonyl (C=O) groups is 1. The molecular weight excluding hydrogens is 200 g/mol. The summed E-state index contributed by atoms with van der Waals surface area (Å²) in [7, 11) is 0. The third kappa shape index (κ3) is 1.51. The summed E-state index contributed by atoms with van der Waals surface area (Å²) in [5, 5.41) is 0.694. The van der Waals surface area contributed by atoms with Gasteiger partial charge in [0.05, 0.1) is 11.9 Å². The molecule has 0 aliphatic heterocycles. The maximum Gasteiger partial charge on any atom is 0.260 e. The van der Waals surface area contributed by atoms with Crippen LogP contribution in [0.2, 0.25) is 0 Å². The van der Waals surface area contributed by atoms with Crippen LogP contribution in [0.3, 0.4) is 0 Å². The Labute approximate surface area is 84.2 Å². The van der Waals surface area contributed by atoms with Crippen LogP contribution in [0.15, 0.2) is 18.7 Å². The van der Waals surface area contributed by atoms with Crippen molar-refractivity contribution >= 4 is 17.2 Å². The van der Waals surface area contributed by atoms with Crippen molar-refractivity contribution in [1.82, 2.24) is 14.5 Å². The Balaban J connectivity index is 2.38. The van der Waals surface area contributed by atoms with E-state index in [1.54, 1.807) is 10.9 Å². The number of amides is 1. The lowest BCUT2D eigenvalue weighted by atomic mass is 10.5. The van der Waals surface area contributed by atoms with E-state index in [0.717, 1.165) is 5.69 Å². The van der Waals surface area contributed by atoms with Crippen LogP contribution in [0, 0.1) is 6.92 Å². The number of primary amides is 1. The number of thiazole rings is 1. The van der Waals surface area contributed by atoms with Crippen LogP contribution in [0.4, 0.5) is 0 Å². The average molecular weight is 208 g/mol. The minimum absolute atomic E-state index is 0.450. The first kappa shape index (κ1) is 8.89. The number of aromatic nitrogens is 3. The summed E-state index contributed by atoms with van der Waals surface area (Å²) in [6.07, 6.45) is 4.96. The molecule has 0 saturated carbocycles. The van der Waals surface area contributed by atoms with E-state index in [1.165, 1.54) is 17.5 Å². The first-order valence-electron chi connectivity index (χ1n) is 3.93. The Morgan fingerprint density at radius 3 is 2.86 bits per heavy atom. The van der Waals surface area contributed by atoms with E-state index in [4.69, 9.17) is 5.73 Å². The van der Waals surface area contributed by atoms with Gasteiger partial charge in [-0.1, -0.05) is 11.3 Å². The summed E-state index contributed by atoms with van der Waals surface area (Å²) >= 11 is 1.24. The van der Waals surface area contributed by atoms with Gasteiger partial charge in [0.1, 0.15) is 11.2 Å². The first-order chi connectivity index (χ1) is 6.66. The van der Waals surface area contributed by atoms with Crippen molar-refractivity contribution < 1.29 is 4.79 Å². The van der Waals surface area contributed by atoms with E-state index < -0.39 is 5.91 Å².